The summed E-state index contributed by atoms with van der Waals surface area (Å²) in [4.78, 5) is 10.5. The fraction of sp³-hybridized carbons (Fsp3) is 0.0149. The Morgan fingerprint density at radius 3 is 1.58 bits per heavy atom. The van der Waals surface area contributed by atoms with Crippen LogP contribution in [0.2, 0.25) is 0 Å². The van der Waals surface area contributed by atoms with Gasteiger partial charge in [0.05, 0.1) is 27.9 Å². The van der Waals surface area contributed by atoms with Crippen molar-refractivity contribution in [2.24, 2.45) is 0 Å². The van der Waals surface area contributed by atoms with Crippen molar-refractivity contribution in [1.29, 1.82) is 0 Å². The summed E-state index contributed by atoms with van der Waals surface area (Å²) in [6.45, 7) is 6.53. The fourth-order valence-corrected chi connectivity index (χ4v) is 10.7. The van der Waals surface area contributed by atoms with Crippen molar-refractivity contribution >= 4 is 65.5 Å². The van der Waals surface area contributed by atoms with Gasteiger partial charge in [0, 0.05) is 27.6 Å². The summed E-state index contributed by atoms with van der Waals surface area (Å²) in [6.07, 6.45) is 8.10. The van der Waals surface area contributed by atoms with Gasteiger partial charge in [0.15, 0.2) is 0 Å². The quantitative estimate of drug-likeness (QED) is 0.0822. The average molecular weight is 907 g/mol. The highest BCUT2D eigenvalue weighted by Crippen LogP contribution is 2.45. The first-order valence-corrected chi connectivity index (χ1v) is 24.2. The Kier molecular flexibility index (Phi) is 10.2. The third-order valence-electron chi connectivity index (χ3n) is 14.0. The van der Waals surface area contributed by atoms with E-state index in [4.69, 9.17) is 9.97 Å². The number of aromatic nitrogens is 4. The third-order valence-corrected chi connectivity index (χ3v) is 14.0. The van der Waals surface area contributed by atoms with E-state index in [1.54, 1.807) is 0 Å². The molecule has 0 aliphatic carbocycles. The Labute approximate surface area is 412 Å². The van der Waals surface area contributed by atoms with Crippen LogP contribution in [0.15, 0.2) is 255 Å². The molecule has 13 aromatic rings. The van der Waals surface area contributed by atoms with E-state index in [2.05, 4.69) is 234 Å². The Bertz CT molecular complexity index is 4210. The third kappa shape index (κ3) is 6.99. The summed E-state index contributed by atoms with van der Waals surface area (Å²) in [5.41, 5.74) is 17.1. The summed E-state index contributed by atoms with van der Waals surface area (Å²) < 4.78 is 4.61. The maximum Gasteiger partial charge on any atom is 0.146 e. The zero-order valence-electron chi connectivity index (χ0n) is 39.2. The Morgan fingerprint density at radius 2 is 0.944 bits per heavy atom. The Balaban J connectivity index is 0.928. The van der Waals surface area contributed by atoms with Crippen molar-refractivity contribution in [2.45, 2.75) is 6.92 Å². The Morgan fingerprint density at radius 1 is 0.423 bits per heavy atom. The standard InChI is InChI=1S/C67H46N4/c1-3-4-7-20-44(2)64-65(48-21-8-5-9-22-48)70(66(69-64)49-23-10-6-11-24-49)51-40-37-47(38-41-51)63-56-28-14-12-26-54(56)62(55-27-13-15-29-57(55)63)46-35-33-45(34-36-46)50-39-42-52-53-25-16-18-31-60(53)71-61-32-19-17-30-59(61)68-67(71)58(52)43-50/h3-43H,2H2,1H3/b4-3-,20-7-. The molecule has 3 heterocycles. The molecule has 0 radical (unpaired) electrons. The second-order valence-electron chi connectivity index (χ2n) is 18.1. The molecule has 3 aromatic heterocycles. The van der Waals surface area contributed by atoms with Crippen LogP contribution in [-0.4, -0.2) is 18.9 Å². The largest absolute Gasteiger partial charge is 0.292 e. The zero-order valence-corrected chi connectivity index (χ0v) is 39.2. The van der Waals surface area contributed by atoms with Crippen molar-refractivity contribution in [1.82, 2.24) is 18.9 Å². The van der Waals surface area contributed by atoms with Crippen molar-refractivity contribution in [3.8, 4) is 61.7 Å². The molecule has 0 atom stereocenters. The molecule has 10 aromatic carbocycles. The minimum atomic E-state index is 0.842. The molecule has 0 saturated carbocycles. The van der Waals surface area contributed by atoms with Crippen LogP contribution in [0, 0.1) is 0 Å². The van der Waals surface area contributed by atoms with Crippen LogP contribution in [0.25, 0.3) is 127 Å². The molecule has 334 valence electrons. The van der Waals surface area contributed by atoms with E-state index in [9.17, 15) is 0 Å². The van der Waals surface area contributed by atoms with Gasteiger partial charge in [-0.25, -0.2) is 9.97 Å². The van der Waals surface area contributed by atoms with E-state index in [0.717, 1.165) is 83.9 Å². The smallest absolute Gasteiger partial charge is 0.146 e. The number of imidazole rings is 2. The molecule has 71 heavy (non-hydrogen) atoms. The number of nitrogens with zero attached hydrogens (tertiary/aromatic N) is 4. The SMILES string of the molecule is C=C(/C=C\C=C/C)c1nc(-c2ccccc2)n(-c2ccc(-c3c4ccccc4c(-c4ccc(-c5ccc6c7ccccc7n7c8ccccc8nc7c6c5)cc4)c4ccccc34)cc2)c1-c1ccccc1. The number of allylic oxidation sites excluding steroid dienone is 5. The highest BCUT2D eigenvalue weighted by molar-refractivity contribution is 6.21. The van der Waals surface area contributed by atoms with Gasteiger partial charge < -0.3 is 0 Å². The first kappa shape index (κ1) is 41.8. The first-order chi connectivity index (χ1) is 35.1. The topological polar surface area (TPSA) is 35.1 Å². The Hall–Kier alpha value is -9.38. The predicted molar refractivity (Wildman–Crippen MR) is 300 cm³/mol. The van der Waals surface area contributed by atoms with Gasteiger partial charge >= 0.3 is 0 Å². The molecule has 0 amide bonds. The van der Waals surface area contributed by atoms with E-state index in [0.29, 0.717) is 0 Å². The lowest BCUT2D eigenvalue weighted by molar-refractivity contribution is 1.07. The van der Waals surface area contributed by atoms with Crippen LogP contribution >= 0.6 is 0 Å². The number of benzene rings is 10. The van der Waals surface area contributed by atoms with Crippen LogP contribution < -0.4 is 0 Å². The van der Waals surface area contributed by atoms with Crippen molar-refractivity contribution in [3.05, 3.63) is 261 Å². The van der Waals surface area contributed by atoms with E-state index >= 15 is 0 Å². The fourth-order valence-electron chi connectivity index (χ4n) is 10.7. The van der Waals surface area contributed by atoms with E-state index in [1.807, 2.05) is 37.3 Å². The van der Waals surface area contributed by atoms with Gasteiger partial charge in [-0.2, -0.15) is 0 Å². The number of hydrogen-bond donors (Lipinski definition) is 0. The molecule has 0 saturated heterocycles. The highest BCUT2D eigenvalue weighted by Gasteiger charge is 2.23. The van der Waals surface area contributed by atoms with Gasteiger partial charge in [0.1, 0.15) is 11.5 Å². The first-order valence-electron chi connectivity index (χ1n) is 24.2. The van der Waals surface area contributed by atoms with Crippen LogP contribution in [0.3, 0.4) is 0 Å². The summed E-state index contributed by atoms with van der Waals surface area (Å²) in [6, 6.07) is 80.8. The molecule has 4 heteroatoms. The molecule has 0 aliphatic heterocycles. The molecule has 4 nitrogen and oxygen atoms in total. The predicted octanol–water partition coefficient (Wildman–Crippen LogP) is 17.8. The molecule has 0 aliphatic rings. The van der Waals surface area contributed by atoms with Crippen LogP contribution in [0.5, 0.6) is 0 Å². The van der Waals surface area contributed by atoms with E-state index in [1.165, 1.54) is 49.0 Å². The molecule has 0 bridgehead atoms. The zero-order chi connectivity index (χ0) is 47.4. The number of para-hydroxylation sites is 3. The lowest BCUT2D eigenvalue weighted by Gasteiger charge is -2.19. The average Bonchev–Trinajstić information content (AvgIpc) is 4.04. The van der Waals surface area contributed by atoms with Crippen LogP contribution in [-0.2, 0) is 0 Å². The number of rotatable bonds is 9. The summed E-state index contributed by atoms with van der Waals surface area (Å²) in [5.74, 6) is 0.859. The van der Waals surface area contributed by atoms with E-state index in [-0.39, 0.29) is 0 Å². The van der Waals surface area contributed by atoms with E-state index < -0.39 is 0 Å². The van der Waals surface area contributed by atoms with Crippen LogP contribution in [0.4, 0.5) is 0 Å². The van der Waals surface area contributed by atoms with Gasteiger partial charge in [0.25, 0.3) is 0 Å². The normalized spacial score (nSPS) is 12.0. The van der Waals surface area contributed by atoms with Crippen molar-refractivity contribution < 1.29 is 0 Å². The second kappa shape index (κ2) is 17.3. The maximum atomic E-state index is 5.36. The highest BCUT2D eigenvalue weighted by atomic mass is 15.1. The summed E-state index contributed by atoms with van der Waals surface area (Å²) in [5, 5.41) is 8.41. The van der Waals surface area contributed by atoms with Crippen molar-refractivity contribution in [3.63, 3.8) is 0 Å². The molecular weight excluding hydrogens is 861 g/mol. The molecule has 0 fully saturated rings. The van der Waals surface area contributed by atoms with Gasteiger partial charge in [0.2, 0.25) is 0 Å². The number of fused-ring (bicyclic) bond motifs is 10. The minimum absolute atomic E-state index is 0.842. The molecule has 0 unspecified atom stereocenters. The summed E-state index contributed by atoms with van der Waals surface area (Å²) >= 11 is 0. The van der Waals surface area contributed by atoms with Gasteiger partial charge in [-0.3, -0.25) is 8.97 Å². The number of pyridine rings is 1. The summed E-state index contributed by atoms with van der Waals surface area (Å²) in [7, 11) is 0. The van der Waals surface area contributed by atoms with Crippen LogP contribution in [0.1, 0.15) is 12.6 Å². The molecule has 0 spiro atoms. The van der Waals surface area contributed by atoms with Gasteiger partial charge in [-0.15, -0.1) is 0 Å². The molecule has 0 N–H and O–H groups in total. The van der Waals surface area contributed by atoms with Crippen molar-refractivity contribution in [2.75, 3.05) is 0 Å². The van der Waals surface area contributed by atoms with Gasteiger partial charge in [-0.05, 0) is 109 Å². The lowest BCUT2D eigenvalue weighted by Crippen LogP contribution is -2.01. The number of hydrogen-bond acceptors (Lipinski definition) is 2. The molecule has 13 rings (SSSR count). The second-order valence-corrected chi connectivity index (χ2v) is 18.1. The lowest BCUT2D eigenvalue weighted by atomic mass is 9.85. The minimum Gasteiger partial charge on any atom is -0.292 e. The maximum absolute atomic E-state index is 5.36. The van der Waals surface area contributed by atoms with Gasteiger partial charge in [-0.1, -0.05) is 219 Å². The molecular formula is C67H46N4. The monoisotopic (exact) mass is 906 g/mol.